The van der Waals surface area contributed by atoms with Crippen molar-refractivity contribution in [3.63, 3.8) is 0 Å². The van der Waals surface area contributed by atoms with Crippen molar-refractivity contribution in [2.75, 3.05) is 13.6 Å². The van der Waals surface area contributed by atoms with E-state index in [2.05, 4.69) is 18.3 Å². The fraction of sp³-hybridized carbons (Fsp3) is 0.857. The molecule has 51 heavy (non-hydrogen) atoms. The van der Waals surface area contributed by atoms with Crippen LogP contribution in [0.25, 0.3) is 0 Å². The van der Waals surface area contributed by atoms with E-state index >= 15 is 0 Å². The van der Waals surface area contributed by atoms with Gasteiger partial charge in [0.15, 0.2) is 0 Å². The van der Waals surface area contributed by atoms with Crippen molar-refractivity contribution >= 4 is 12.3 Å². The van der Waals surface area contributed by atoms with E-state index in [1.54, 1.807) is 6.08 Å². The van der Waals surface area contributed by atoms with Crippen LogP contribution in [0.5, 0.6) is 0 Å². The van der Waals surface area contributed by atoms with Crippen LogP contribution in [0.4, 0.5) is 0 Å². The molecule has 0 aromatic rings. The lowest BCUT2D eigenvalue weighted by Crippen LogP contribution is -2.86. The molecule has 15 unspecified atom stereocenters. The number of rotatable bonds is 5. The van der Waals surface area contributed by atoms with E-state index in [9.17, 15) is 35.1 Å². The van der Waals surface area contributed by atoms with Gasteiger partial charge in [0, 0.05) is 35.8 Å². The number of aliphatic hydroxyl groups is 5. The predicted molar refractivity (Wildman–Crippen MR) is 189 cm³/mol. The van der Waals surface area contributed by atoms with Crippen molar-refractivity contribution in [1.29, 1.82) is 0 Å². The fourth-order valence-electron chi connectivity index (χ4n) is 16.0. The van der Waals surface area contributed by atoms with E-state index < -0.39 is 75.1 Å². The van der Waals surface area contributed by atoms with Gasteiger partial charge in [0.25, 0.3) is 0 Å². The molecule has 1 heterocycles. The topological polar surface area (TPSA) is 157 Å². The maximum atomic E-state index is 14.3. The summed E-state index contributed by atoms with van der Waals surface area (Å²) in [6, 6.07) is 0. The number of hydrogen-bond acceptors (Lipinski definition) is 9. The monoisotopic (exact) mass is 707 g/mol. The lowest BCUT2D eigenvalue weighted by Gasteiger charge is -2.74. The third-order valence-electron chi connectivity index (χ3n) is 18.1. The van der Waals surface area contributed by atoms with Crippen molar-refractivity contribution in [2.45, 2.75) is 145 Å². The smallest absolute Gasteiger partial charge is 0.331 e. The Balaban J connectivity index is 1.22. The van der Waals surface area contributed by atoms with Gasteiger partial charge in [-0.1, -0.05) is 58.4 Å². The van der Waals surface area contributed by atoms with Crippen molar-refractivity contribution in [1.82, 2.24) is 5.32 Å². The van der Waals surface area contributed by atoms with Gasteiger partial charge in [-0.2, -0.15) is 0 Å². The molecule has 0 saturated heterocycles. The Labute approximate surface area is 302 Å². The van der Waals surface area contributed by atoms with E-state index in [0.29, 0.717) is 44.1 Å². The van der Waals surface area contributed by atoms with Gasteiger partial charge >= 0.3 is 5.97 Å². The van der Waals surface area contributed by atoms with Crippen molar-refractivity contribution in [3.8, 4) is 0 Å². The van der Waals surface area contributed by atoms with Crippen LogP contribution >= 0.6 is 0 Å². The highest BCUT2D eigenvalue weighted by Crippen LogP contribution is 2.78. The van der Waals surface area contributed by atoms with Gasteiger partial charge in [0.2, 0.25) is 0 Å². The van der Waals surface area contributed by atoms with Gasteiger partial charge in [0.1, 0.15) is 23.6 Å². The van der Waals surface area contributed by atoms with E-state index in [4.69, 9.17) is 4.74 Å². The van der Waals surface area contributed by atoms with Gasteiger partial charge in [-0.3, -0.25) is 0 Å². The molecule has 7 fully saturated rings. The Kier molecular flexibility index (Phi) is 7.88. The first-order chi connectivity index (χ1) is 24.3. The molecule has 1 aliphatic heterocycles. The summed E-state index contributed by atoms with van der Waals surface area (Å²) in [5, 5.41) is 69.7. The molecule has 9 heteroatoms. The highest BCUT2D eigenvalue weighted by molar-refractivity contribution is 5.87. The van der Waals surface area contributed by atoms with Crippen LogP contribution in [0.2, 0.25) is 0 Å². The van der Waals surface area contributed by atoms with Gasteiger partial charge in [-0.05, 0) is 111 Å². The molecule has 0 aromatic heterocycles. The van der Waals surface area contributed by atoms with E-state index in [1.165, 1.54) is 25.7 Å². The van der Waals surface area contributed by atoms with Gasteiger partial charge in [0.05, 0.1) is 23.2 Å². The molecule has 8 aliphatic carbocycles. The summed E-state index contributed by atoms with van der Waals surface area (Å²) in [6.07, 6.45) is 13.0. The number of aldehydes is 1. The molecular weight excluding hydrogens is 646 g/mol. The Morgan fingerprint density at radius 3 is 2.35 bits per heavy atom. The predicted octanol–water partition coefficient (Wildman–Crippen LogP) is 3.99. The molecule has 0 amide bonds. The highest BCUT2D eigenvalue weighted by Gasteiger charge is 2.85. The number of esters is 1. The maximum absolute atomic E-state index is 14.3. The molecule has 282 valence electrons. The van der Waals surface area contributed by atoms with Crippen LogP contribution in [0.3, 0.4) is 0 Å². The molecular formula is C42H61NO8. The van der Waals surface area contributed by atoms with Crippen LogP contribution in [-0.4, -0.2) is 86.5 Å². The maximum Gasteiger partial charge on any atom is 0.331 e. The summed E-state index contributed by atoms with van der Waals surface area (Å²) < 4.78 is 5.84. The second kappa shape index (κ2) is 11.5. The molecule has 15 atom stereocenters. The van der Waals surface area contributed by atoms with Crippen LogP contribution in [0.1, 0.15) is 110 Å². The van der Waals surface area contributed by atoms with Gasteiger partial charge in [-0.25, -0.2) is 4.79 Å². The molecule has 7 saturated carbocycles. The normalized spacial score (nSPS) is 53.2. The van der Waals surface area contributed by atoms with Crippen LogP contribution in [0, 0.1) is 63.6 Å². The minimum Gasteiger partial charge on any atom is -0.450 e. The minimum atomic E-state index is -2.11. The van der Waals surface area contributed by atoms with Crippen LogP contribution in [-0.2, 0) is 14.3 Å². The van der Waals surface area contributed by atoms with E-state index in [1.807, 2.05) is 14.0 Å². The zero-order chi connectivity index (χ0) is 35.9. The fourth-order valence-corrected chi connectivity index (χ4v) is 16.0. The number of fused-ring (bicyclic) bond motifs is 8. The van der Waals surface area contributed by atoms with Crippen molar-refractivity contribution in [2.24, 2.45) is 63.6 Å². The molecule has 0 radical (unpaired) electrons. The highest BCUT2D eigenvalue weighted by atomic mass is 16.5. The quantitative estimate of drug-likeness (QED) is 0.141. The first-order valence-corrected chi connectivity index (χ1v) is 20.5. The average molecular weight is 708 g/mol. The third kappa shape index (κ3) is 4.10. The number of aliphatic hydroxyl groups excluding tert-OH is 2. The second-order valence-electron chi connectivity index (χ2n) is 19.6. The molecule has 9 aliphatic rings. The Hall–Kier alpha value is -1.62. The lowest BCUT2D eigenvalue weighted by molar-refractivity contribution is -0.382. The number of allylic oxidation sites excluding steroid dienone is 1. The number of nitrogens with one attached hydrogen (secondary N) is 1. The van der Waals surface area contributed by atoms with Crippen molar-refractivity contribution in [3.05, 3.63) is 23.3 Å². The SMILES string of the molecule is CNCC1=CC2CC3(O)C(C)(CCC4C5(C=O)CC6(CCCC6)C(O)C6CCC(C(C)C7CCCC7)CC(C(O)C43O)C65O)C2C2=CC(=O)OC12. The number of hydrogen-bond donors (Lipinski definition) is 6. The summed E-state index contributed by atoms with van der Waals surface area (Å²) in [6.45, 7) is 4.83. The first kappa shape index (κ1) is 35.1. The molecule has 9 nitrogen and oxygen atoms in total. The average Bonchev–Trinajstić information content (AvgIpc) is 3.89. The Morgan fingerprint density at radius 2 is 1.67 bits per heavy atom. The number of likely N-dealkylation sites (N-methyl/N-ethyl adjacent to an activating group) is 1. The van der Waals surface area contributed by atoms with Gasteiger partial charge in [-0.15, -0.1) is 0 Å². The summed E-state index contributed by atoms with van der Waals surface area (Å²) in [4.78, 5) is 27.1. The third-order valence-corrected chi connectivity index (χ3v) is 18.1. The zero-order valence-electron chi connectivity index (χ0n) is 30.9. The Bertz CT molecular complexity index is 1530. The largest absolute Gasteiger partial charge is 0.450 e. The molecule has 1 spiro atoms. The minimum absolute atomic E-state index is 0.147. The summed E-state index contributed by atoms with van der Waals surface area (Å²) in [7, 11) is 1.85. The number of ether oxygens (including phenoxy) is 1. The van der Waals surface area contributed by atoms with Crippen LogP contribution < -0.4 is 5.32 Å². The lowest BCUT2D eigenvalue weighted by atomic mass is 9.33. The zero-order valence-corrected chi connectivity index (χ0v) is 30.9. The molecule has 9 rings (SSSR count). The Morgan fingerprint density at radius 1 is 0.941 bits per heavy atom. The number of carbonyl (C=O) groups excluding carboxylic acids is 2. The molecule has 0 aromatic carbocycles. The molecule has 6 N–H and O–H groups in total. The van der Waals surface area contributed by atoms with Crippen molar-refractivity contribution < 1.29 is 39.9 Å². The first-order valence-electron chi connectivity index (χ1n) is 20.5. The summed E-state index contributed by atoms with van der Waals surface area (Å²) in [5.74, 6) is -2.27. The number of carbonyl (C=O) groups is 2. The van der Waals surface area contributed by atoms with E-state index in [-0.39, 0.29) is 30.6 Å². The molecule has 0 bridgehead atoms. The second-order valence-corrected chi connectivity index (χ2v) is 19.6. The standard InChI is InChI=1S/C42H61NO8/c1-23(24-8-4-5-9-24)25-10-11-29-35(46)38(13-6-7-14-38)21-39(22-44)31-12-15-37(2)33-26(16-27(20-43-3)34-28(33)18-32(45)51-34)19-40(37,48)42(31,50)36(47)30(17-25)41(29,39)49/h16,18,22-26,29-31,33-36,43,46-50H,4-15,17,19-21H2,1-3H3. The summed E-state index contributed by atoms with van der Waals surface area (Å²) >= 11 is 0. The van der Waals surface area contributed by atoms with Gasteiger partial charge < -0.3 is 40.4 Å². The van der Waals surface area contributed by atoms with E-state index in [0.717, 1.165) is 49.5 Å². The van der Waals surface area contributed by atoms with Crippen LogP contribution in [0.15, 0.2) is 23.3 Å². The summed E-state index contributed by atoms with van der Waals surface area (Å²) in [5.41, 5.74) is -6.85.